The Bertz CT molecular complexity index is 862. The minimum atomic E-state index is -2.97. The summed E-state index contributed by atoms with van der Waals surface area (Å²) in [5.74, 6) is -0.00728. The number of alkyl halides is 2. The van der Waals surface area contributed by atoms with E-state index in [0.717, 1.165) is 0 Å². The molecular formula is C16H13F2N3O4. The lowest BCUT2D eigenvalue weighted by Gasteiger charge is -2.11. The number of furan rings is 1. The lowest BCUT2D eigenvalue weighted by atomic mass is 10.2. The number of hydrogen-bond acceptors (Lipinski definition) is 5. The van der Waals surface area contributed by atoms with Gasteiger partial charge < -0.3 is 19.2 Å². The zero-order valence-corrected chi connectivity index (χ0v) is 13.0. The molecule has 0 spiro atoms. The zero-order valence-electron chi connectivity index (χ0n) is 13.0. The van der Waals surface area contributed by atoms with Crippen LogP contribution in [0, 0.1) is 0 Å². The van der Waals surface area contributed by atoms with Gasteiger partial charge in [-0.15, -0.1) is 0 Å². The number of carbonyl (C=O) groups excluding carboxylic acids is 1. The van der Waals surface area contributed by atoms with E-state index < -0.39 is 12.5 Å². The topological polar surface area (TPSA) is 89.4 Å². The van der Waals surface area contributed by atoms with Crippen molar-refractivity contribution >= 4 is 11.6 Å². The highest BCUT2D eigenvalue weighted by atomic mass is 19.3. The monoisotopic (exact) mass is 349 g/mol. The van der Waals surface area contributed by atoms with Crippen molar-refractivity contribution < 1.29 is 27.5 Å². The maximum atomic E-state index is 12.3. The Morgan fingerprint density at radius 3 is 2.80 bits per heavy atom. The molecule has 1 amide bonds. The standard InChI is InChI=1S/C16H13F2N3O4/c1-23-14-7-9(4-5-13(14)25-16(17)18)19-15(22)11-8-10(20-21-11)12-3-2-6-24-12/h2-8,16H,1H3,(H,19,22)(H,20,21). The number of H-pyrrole nitrogens is 1. The second-order valence-corrected chi connectivity index (χ2v) is 4.84. The number of ether oxygens (including phenoxy) is 2. The van der Waals surface area contributed by atoms with Crippen LogP contribution in [-0.4, -0.2) is 29.8 Å². The highest BCUT2D eigenvalue weighted by molar-refractivity contribution is 6.03. The first-order valence-electron chi connectivity index (χ1n) is 7.10. The SMILES string of the molecule is COc1cc(NC(=O)c2cc(-c3ccco3)[nH]n2)ccc1OC(F)F. The van der Waals surface area contributed by atoms with Crippen LogP contribution in [-0.2, 0) is 0 Å². The summed E-state index contributed by atoms with van der Waals surface area (Å²) in [5, 5.41) is 9.21. The summed E-state index contributed by atoms with van der Waals surface area (Å²) in [6.07, 6.45) is 1.51. The van der Waals surface area contributed by atoms with Crippen LogP contribution < -0.4 is 14.8 Å². The van der Waals surface area contributed by atoms with E-state index in [1.54, 1.807) is 12.1 Å². The third-order valence-electron chi connectivity index (χ3n) is 3.23. The van der Waals surface area contributed by atoms with Crippen molar-refractivity contribution in [3.8, 4) is 23.0 Å². The van der Waals surface area contributed by atoms with Crippen molar-refractivity contribution in [1.29, 1.82) is 0 Å². The molecule has 130 valence electrons. The van der Waals surface area contributed by atoms with Crippen LogP contribution >= 0.6 is 0 Å². The number of hydrogen-bond donors (Lipinski definition) is 2. The van der Waals surface area contributed by atoms with Crippen LogP contribution in [0.15, 0.2) is 47.1 Å². The molecule has 0 bridgehead atoms. The van der Waals surface area contributed by atoms with E-state index in [9.17, 15) is 13.6 Å². The fourth-order valence-corrected chi connectivity index (χ4v) is 2.13. The van der Waals surface area contributed by atoms with Crippen molar-refractivity contribution in [1.82, 2.24) is 10.2 Å². The Kier molecular flexibility index (Phi) is 4.64. The molecule has 25 heavy (non-hydrogen) atoms. The summed E-state index contributed by atoms with van der Waals surface area (Å²) in [6.45, 7) is -2.97. The summed E-state index contributed by atoms with van der Waals surface area (Å²) in [7, 11) is 1.31. The Morgan fingerprint density at radius 2 is 2.12 bits per heavy atom. The predicted molar refractivity (Wildman–Crippen MR) is 83.9 cm³/mol. The number of benzene rings is 1. The fourth-order valence-electron chi connectivity index (χ4n) is 2.13. The largest absolute Gasteiger partial charge is 0.493 e. The van der Waals surface area contributed by atoms with Gasteiger partial charge in [0.05, 0.1) is 13.4 Å². The average Bonchev–Trinajstić information content (AvgIpc) is 3.26. The van der Waals surface area contributed by atoms with Crippen molar-refractivity contribution in [2.45, 2.75) is 6.61 Å². The van der Waals surface area contributed by atoms with E-state index in [1.165, 1.54) is 37.6 Å². The number of aromatic amines is 1. The van der Waals surface area contributed by atoms with Gasteiger partial charge in [0.25, 0.3) is 5.91 Å². The smallest absolute Gasteiger partial charge is 0.387 e. The van der Waals surface area contributed by atoms with Gasteiger partial charge in [0.2, 0.25) is 0 Å². The van der Waals surface area contributed by atoms with Crippen LogP contribution in [0.5, 0.6) is 11.5 Å². The van der Waals surface area contributed by atoms with Gasteiger partial charge in [-0.2, -0.15) is 13.9 Å². The number of rotatable bonds is 6. The van der Waals surface area contributed by atoms with Crippen molar-refractivity contribution in [3.05, 3.63) is 48.4 Å². The Labute approximate surface area is 140 Å². The summed E-state index contributed by atoms with van der Waals surface area (Å²) in [6, 6.07) is 9.03. The number of nitrogens with one attached hydrogen (secondary N) is 2. The van der Waals surface area contributed by atoms with Gasteiger partial charge in [-0.3, -0.25) is 9.89 Å². The van der Waals surface area contributed by atoms with Crippen molar-refractivity contribution in [2.75, 3.05) is 12.4 Å². The first-order valence-corrected chi connectivity index (χ1v) is 7.10. The molecule has 1 aromatic carbocycles. The van der Waals surface area contributed by atoms with Gasteiger partial charge in [0, 0.05) is 17.8 Å². The highest BCUT2D eigenvalue weighted by Gasteiger charge is 2.15. The van der Waals surface area contributed by atoms with E-state index in [0.29, 0.717) is 17.1 Å². The quantitative estimate of drug-likeness (QED) is 0.711. The van der Waals surface area contributed by atoms with Crippen LogP contribution in [0.3, 0.4) is 0 Å². The molecule has 0 unspecified atom stereocenters. The summed E-state index contributed by atoms with van der Waals surface area (Å²) in [4.78, 5) is 12.2. The molecule has 0 aliphatic rings. The van der Waals surface area contributed by atoms with Crippen LogP contribution in [0.1, 0.15) is 10.5 Å². The van der Waals surface area contributed by atoms with Gasteiger partial charge in [-0.1, -0.05) is 0 Å². The van der Waals surface area contributed by atoms with E-state index >= 15 is 0 Å². The number of nitrogens with zero attached hydrogens (tertiary/aromatic N) is 1. The van der Waals surface area contributed by atoms with Gasteiger partial charge >= 0.3 is 6.61 Å². The summed E-state index contributed by atoms with van der Waals surface area (Å²) >= 11 is 0. The predicted octanol–water partition coefficient (Wildman–Crippen LogP) is 3.53. The Hall–Kier alpha value is -3.36. The number of anilines is 1. The molecule has 0 fully saturated rings. The number of halogens is 2. The highest BCUT2D eigenvalue weighted by Crippen LogP contribution is 2.31. The third kappa shape index (κ3) is 3.77. The Morgan fingerprint density at radius 1 is 1.28 bits per heavy atom. The van der Waals surface area contributed by atoms with Crippen molar-refractivity contribution in [3.63, 3.8) is 0 Å². The molecule has 0 atom stereocenters. The fraction of sp³-hybridized carbons (Fsp3) is 0.125. The average molecular weight is 349 g/mol. The minimum absolute atomic E-state index is 0.0661. The molecule has 3 rings (SSSR count). The van der Waals surface area contributed by atoms with Gasteiger partial charge in [0.1, 0.15) is 5.69 Å². The van der Waals surface area contributed by atoms with E-state index in [2.05, 4.69) is 20.3 Å². The normalized spacial score (nSPS) is 10.7. The second-order valence-electron chi connectivity index (χ2n) is 4.84. The van der Waals surface area contributed by atoms with E-state index in [1.807, 2.05) is 0 Å². The lowest BCUT2D eigenvalue weighted by Crippen LogP contribution is -2.12. The number of amides is 1. The van der Waals surface area contributed by atoms with Crippen LogP contribution in [0.2, 0.25) is 0 Å². The molecule has 2 aromatic heterocycles. The third-order valence-corrected chi connectivity index (χ3v) is 3.23. The van der Waals surface area contributed by atoms with Crippen LogP contribution in [0.4, 0.5) is 14.5 Å². The maximum Gasteiger partial charge on any atom is 0.387 e. The minimum Gasteiger partial charge on any atom is -0.493 e. The molecular weight excluding hydrogens is 336 g/mol. The molecule has 0 saturated heterocycles. The second kappa shape index (κ2) is 7.04. The first kappa shape index (κ1) is 16.5. The van der Waals surface area contributed by atoms with Gasteiger partial charge in [0.15, 0.2) is 23.0 Å². The number of carbonyl (C=O) groups is 1. The molecule has 0 aliphatic heterocycles. The molecule has 2 N–H and O–H groups in total. The molecule has 3 aromatic rings. The molecule has 2 heterocycles. The maximum absolute atomic E-state index is 12.3. The lowest BCUT2D eigenvalue weighted by molar-refractivity contribution is -0.0512. The molecule has 9 heteroatoms. The molecule has 0 radical (unpaired) electrons. The molecule has 7 nitrogen and oxygen atoms in total. The van der Waals surface area contributed by atoms with E-state index in [4.69, 9.17) is 9.15 Å². The summed E-state index contributed by atoms with van der Waals surface area (Å²) in [5.41, 5.74) is 1.03. The molecule has 0 saturated carbocycles. The summed E-state index contributed by atoms with van der Waals surface area (Å²) < 4.78 is 39.2. The van der Waals surface area contributed by atoms with E-state index in [-0.39, 0.29) is 17.2 Å². The number of aromatic nitrogens is 2. The van der Waals surface area contributed by atoms with Crippen LogP contribution in [0.25, 0.3) is 11.5 Å². The first-order chi connectivity index (χ1) is 12.1. The van der Waals surface area contributed by atoms with Gasteiger partial charge in [-0.25, -0.2) is 0 Å². The Balaban J connectivity index is 1.74. The number of methoxy groups -OCH3 is 1. The van der Waals surface area contributed by atoms with Crippen molar-refractivity contribution in [2.24, 2.45) is 0 Å². The zero-order chi connectivity index (χ0) is 17.8. The molecule has 0 aliphatic carbocycles. The van der Waals surface area contributed by atoms with Gasteiger partial charge in [-0.05, 0) is 24.3 Å².